The van der Waals surface area contributed by atoms with E-state index in [0.717, 1.165) is 12.1 Å². The molecule has 0 bridgehead atoms. The average molecular weight is 292 g/mol. The number of nitrogens with two attached hydrogens (primary N) is 1. The van der Waals surface area contributed by atoms with Gasteiger partial charge >= 0.3 is 5.76 Å². The van der Waals surface area contributed by atoms with E-state index in [1.165, 1.54) is 12.1 Å². The zero-order chi connectivity index (χ0) is 14.5. The van der Waals surface area contributed by atoms with Crippen molar-refractivity contribution in [1.29, 1.82) is 0 Å². The number of hydrogen-bond acceptors (Lipinski definition) is 4. The van der Waals surface area contributed by atoms with E-state index in [1.807, 2.05) is 0 Å². The number of sulfone groups is 1. The van der Waals surface area contributed by atoms with Crippen molar-refractivity contribution in [2.45, 2.75) is 23.5 Å². The number of rotatable bonds is 6. The van der Waals surface area contributed by atoms with Crippen LogP contribution >= 0.6 is 0 Å². The molecule has 1 rings (SSSR count). The van der Waals surface area contributed by atoms with Gasteiger partial charge in [0.1, 0.15) is 0 Å². The van der Waals surface area contributed by atoms with Crippen LogP contribution < -0.4 is 11.1 Å². The van der Waals surface area contributed by atoms with Crippen LogP contribution in [-0.2, 0) is 14.6 Å². The second kappa shape index (κ2) is 6.58. The topological polar surface area (TPSA) is 89.3 Å². The van der Waals surface area contributed by atoms with E-state index in [2.05, 4.69) is 5.32 Å². The second-order valence-electron chi connectivity index (χ2n) is 3.77. The third kappa shape index (κ3) is 4.25. The number of carbonyl (C=O) groups excluding carboxylic acids is 1. The third-order valence-corrected chi connectivity index (χ3v) is 3.67. The van der Waals surface area contributed by atoms with Gasteiger partial charge in [0.2, 0.25) is 15.7 Å². The lowest BCUT2D eigenvalue weighted by molar-refractivity contribution is -0.116. The maximum absolute atomic E-state index is 12.4. The third-order valence-electron chi connectivity index (χ3n) is 2.29. The van der Waals surface area contributed by atoms with Crippen molar-refractivity contribution in [1.82, 2.24) is 0 Å². The quantitative estimate of drug-likeness (QED) is 0.828. The van der Waals surface area contributed by atoms with Crippen LogP contribution in [0.5, 0.6) is 0 Å². The Kier molecular flexibility index (Phi) is 5.37. The zero-order valence-electron chi connectivity index (χ0n) is 9.97. The molecule has 3 N–H and O–H groups in total. The normalized spacial score (nSPS) is 11.6. The van der Waals surface area contributed by atoms with Gasteiger partial charge in [0.05, 0.1) is 4.90 Å². The van der Waals surface area contributed by atoms with Crippen molar-refractivity contribution >= 4 is 21.4 Å². The highest BCUT2D eigenvalue weighted by molar-refractivity contribution is 7.91. The van der Waals surface area contributed by atoms with Crippen LogP contribution in [-0.4, -0.2) is 26.6 Å². The summed E-state index contributed by atoms with van der Waals surface area (Å²) in [5.74, 6) is -3.84. The van der Waals surface area contributed by atoms with Crippen LogP contribution in [0.2, 0.25) is 0 Å². The van der Waals surface area contributed by atoms with Gasteiger partial charge in [-0.2, -0.15) is 8.78 Å². The molecule has 0 fully saturated rings. The van der Waals surface area contributed by atoms with Crippen LogP contribution in [0, 0.1) is 0 Å². The van der Waals surface area contributed by atoms with Crippen molar-refractivity contribution in [2.75, 3.05) is 11.9 Å². The van der Waals surface area contributed by atoms with Gasteiger partial charge in [-0.05, 0) is 31.2 Å². The van der Waals surface area contributed by atoms with E-state index in [9.17, 15) is 22.0 Å². The molecule has 0 aliphatic rings. The molecule has 106 valence electrons. The molecule has 19 heavy (non-hydrogen) atoms. The van der Waals surface area contributed by atoms with Crippen LogP contribution in [0.1, 0.15) is 12.8 Å². The minimum absolute atomic E-state index is 0.156. The van der Waals surface area contributed by atoms with Gasteiger partial charge in [-0.25, -0.2) is 8.42 Å². The molecule has 1 aromatic carbocycles. The van der Waals surface area contributed by atoms with Gasteiger partial charge in [-0.3, -0.25) is 4.79 Å². The van der Waals surface area contributed by atoms with Gasteiger partial charge in [0.25, 0.3) is 0 Å². The zero-order valence-corrected chi connectivity index (χ0v) is 10.8. The smallest absolute Gasteiger partial charge is 0.330 e. The highest BCUT2D eigenvalue weighted by Crippen LogP contribution is 2.21. The average Bonchev–Trinajstić information content (AvgIpc) is 2.36. The number of carbonyl (C=O) groups is 1. The van der Waals surface area contributed by atoms with E-state index < -0.39 is 20.5 Å². The number of amides is 1. The lowest BCUT2D eigenvalue weighted by Crippen LogP contribution is -2.15. The predicted molar refractivity (Wildman–Crippen MR) is 66.5 cm³/mol. The van der Waals surface area contributed by atoms with Gasteiger partial charge in [0.15, 0.2) is 0 Å². The molecule has 0 saturated heterocycles. The molecule has 0 aliphatic heterocycles. The summed E-state index contributed by atoms with van der Waals surface area (Å²) >= 11 is 0. The van der Waals surface area contributed by atoms with Crippen LogP contribution in [0.3, 0.4) is 0 Å². The van der Waals surface area contributed by atoms with E-state index >= 15 is 0 Å². The fraction of sp³-hybridized carbons (Fsp3) is 0.364. The van der Waals surface area contributed by atoms with Crippen LogP contribution in [0.4, 0.5) is 14.5 Å². The maximum atomic E-state index is 12.4. The van der Waals surface area contributed by atoms with Gasteiger partial charge < -0.3 is 11.1 Å². The molecule has 0 heterocycles. The van der Waals surface area contributed by atoms with Crippen molar-refractivity contribution in [3.63, 3.8) is 0 Å². The van der Waals surface area contributed by atoms with Gasteiger partial charge in [-0.15, -0.1) is 0 Å². The largest absolute Gasteiger partial charge is 0.341 e. The lowest BCUT2D eigenvalue weighted by Gasteiger charge is -2.07. The number of halogens is 2. The highest BCUT2D eigenvalue weighted by atomic mass is 32.2. The predicted octanol–water partition coefficient (Wildman–Crippen LogP) is 1.36. The molecule has 1 amide bonds. The fourth-order valence-corrected chi connectivity index (χ4v) is 2.11. The SMILES string of the molecule is NCCCC(=O)Nc1cccc(S(=O)(=O)C(F)F)c1. The summed E-state index contributed by atoms with van der Waals surface area (Å²) in [4.78, 5) is 10.9. The van der Waals surface area contributed by atoms with Gasteiger partial charge in [-0.1, -0.05) is 6.07 Å². The summed E-state index contributed by atoms with van der Waals surface area (Å²) in [5.41, 5.74) is 5.40. The maximum Gasteiger partial charge on any atom is 0.341 e. The van der Waals surface area contributed by atoms with Gasteiger partial charge in [0, 0.05) is 12.1 Å². The summed E-state index contributed by atoms with van der Waals surface area (Å²) < 4.78 is 47.3. The summed E-state index contributed by atoms with van der Waals surface area (Å²) in [6.07, 6.45) is 0.670. The molecular weight excluding hydrogens is 278 g/mol. The molecule has 5 nitrogen and oxygen atoms in total. The molecule has 0 radical (unpaired) electrons. The monoisotopic (exact) mass is 292 g/mol. The minimum atomic E-state index is -4.66. The van der Waals surface area contributed by atoms with Crippen molar-refractivity contribution in [3.05, 3.63) is 24.3 Å². The number of alkyl halides is 2. The molecule has 1 aromatic rings. The number of hydrogen-bond donors (Lipinski definition) is 2. The standard InChI is InChI=1S/C11H14F2N2O3S/c12-11(13)19(17,18)9-4-1-3-8(7-9)15-10(16)5-2-6-14/h1,3-4,7,11H,2,5-6,14H2,(H,15,16). The molecule has 0 spiro atoms. The molecule has 0 unspecified atom stereocenters. The van der Waals surface area contributed by atoms with E-state index in [4.69, 9.17) is 5.73 Å². The summed E-state index contributed by atoms with van der Waals surface area (Å²) in [6, 6.07) is 4.76. The number of anilines is 1. The van der Waals surface area contributed by atoms with Crippen molar-refractivity contribution in [2.24, 2.45) is 5.73 Å². The second-order valence-corrected chi connectivity index (χ2v) is 5.69. The van der Waals surface area contributed by atoms with Crippen molar-refractivity contribution in [3.8, 4) is 0 Å². The first kappa shape index (κ1) is 15.5. The Bertz CT molecular complexity index is 547. The Hall–Kier alpha value is -1.54. The lowest BCUT2D eigenvalue weighted by atomic mass is 10.2. The first-order valence-corrected chi connectivity index (χ1v) is 7.04. The minimum Gasteiger partial charge on any atom is -0.330 e. The fourth-order valence-electron chi connectivity index (χ4n) is 1.34. The summed E-state index contributed by atoms with van der Waals surface area (Å²) in [7, 11) is -4.66. The Morgan fingerprint density at radius 1 is 1.37 bits per heavy atom. The van der Waals surface area contributed by atoms with Crippen LogP contribution in [0.25, 0.3) is 0 Å². The molecule has 0 aromatic heterocycles. The van der Waals surface area contributed by atoms with Crippen molar-refractivity contribution < 1.29 is 22.0 Å². The first-order chi connectivity index (χ1) is 8.87. The van der Waals surface area contributed by atoms with E-state index in [-0.39, 0.29) is 18.0 Å². The Morgan fingerprint density at radius 2 is 2.05 bits per heavy atom. The molecular formula is C11H14F2N2O3S. The number of nitrogens with one attached hydrogen (secondary N) is 1. The Balaban J connectivity index is 2.87. The molecule has 0 saturated carbocycles. The summed E-state index contributed by atoms with van der Waals surface area (Å²) in [6.45, 7) is 0.354. The van der Waals surface area contributed by atoms with E-state index in [1.54, 1.807) is 0 Å². The number of benzene rings is 1. The highest BCUT2D eigenvalue weighted by Gasteiger charge is 2.26. The van der Waals surface area contributed by atoms with E-state index in [0.29, 0.717) is 13.0 Å². The van der Waals surface area contributed by atoms with Crippen LogP contribution in [0.15, 0.2) is 29.2 Å². The molecule has 0 aliphatic carbocycles. The molecule has 0 atom stereocenters. The Morgan fingerprint density at radius 3 is 2.63 bits per heavy atom. The summed E-state index contributed by atoms with van der Waals surface area (Å²) in [5, 5.41) is 2.42. The molecule has 8 heteroatoms. The first-order valence-electron chi connectivity index (χ1n) is 5.50. The Labute approximate surface area is 109 Å².